The number of hydrogen-bond acceptors (Lipinski definition) is 2. The summed E-state index contributed by atoms with van der Waals surface area (Å²) < 4.78 is 5.97. The maximum atomic E-state index is 12.0. The molecule has 0 heterocycles. The number of nitrogens with one attached hydrogen (secondary N) is 1. The summed E-state index contributed by atoms with van der Waals surface area (Å²) in [4.78, 5) is 12.0. The first kappa shape index (κ1) is 14.9. The molecule has 0 saturated heterocycles. The van der Waals surface area contributed by atoms with Crippen LogP contribution in [0.4, 0.5) is 5.69 Å². The molecular formula is C15H13BrClNO2. The zero-order valence-corrected chi connectivity index (χ0v) is 13.2. The van der Waals surface area contributed by atoms with E-state index in [1.807, 2.05) is 24.3 Å². The fraction of sp³-hybridized carbons (Fsp3) is 0.133. The Balaban J connectivity index is 2.07. The largest absolute Gasteiger partial charge is 0.496 e. The van der Waals surface area contributed by atoms with Crippen LogP contribution < -0.4 is 10.1 Å². The van der Waals surface area contributed by atoms with Gasteiger partial charge in [0, 0.05) is 15.7 Å². The maximum Gasteiger partial charge on any atom is 0.228 e. The molecule has 0 saturated carbocycles. The van der Waals surface area contributed by atoms with E-state index in [0.29, 0.717) is 16.5 Å². The molecule has 5 heteroatoms. The van der Waals surface area contributed by atoms with Gasteiger partial charge in [-0.3, -0.25) is 4.79 Å². The van der Waals surface area contributed by atoms with E-state index in [9.17, 15) is 4.79 Å². The van der Waals surface area contributed by atoms with Crippen molar-refractivity contribution in [2.45, 2.75) is 6.42 Å². The Labute approximate surface area is 131 Å². The molecule has 2 aromatic rings. The van der Waals surface area contributed by atoms with Crippen LogP contribution in [0.1, 0.15) is 5.56 Å². The summed E-state index contributed by atoms with van der Waals surface area (Å²) in [6.45, 7) is 0. The van der Waals surface area contributed by atoms with Gasteiger partial charge in [0.05, 0.1) is 18.6 Å². The Kier molecular flexibility index (Phi) is 5.04. The minimum absolute atomic E-state index is 0.108. The van der Waals surface area contributed by atoms with Crippen molar-refractivity contribution in [1.29, 1.82) is 0 Å². The van der Waals surface area contributed by atoms with Crippen LogP contribution in [0.25, 0.3) is 0 Å². The van der Waals surface area contributed by atoms with E-state index in [2.05, 4.69) is 21.2 Å². The number of halogens is 2. The first-order valence-corrected chi connectivity index (χ1v) is 7.14. The predicted molar refractivity (Wildman–Crippen MR) is 84.5 cm³/mol. The van der Waals surface area contributed by atoms with Gasteiger partial charge >= 0.3 is 0 Å². The van der Waals surface area contributed by atoms with Crippen molar-refractivity contribution in [3.63, 3.8) is 0 Å². The van der Waals surface area contributed by atoms with E-state index < -0.39 is 0 Å². The maximum absolute atomic E-state index is 12.0. The summed E-state index contributed by atoms with van der Waals surface area (Å²) in [6.07, 6.45) is 0.254. The number of para-hydroxylation sites is 1. The van der Waals surface area contributed by atoms with Gasteiger partial charge in [-0.2, -0.15) is 0 Å². The van der Waals surface area contributed by atoms with Gasteiger partial charge in [0.2, 0.25) is 5.91 Å². The fourth-order valence-electron chi connectivity index (χ4n) is 1.80. The Bertz CT molecular complexity index is 631. The molecule has 0 unspecified atom stereocenters. The fourth-order valence-corrected chi connectivity index (χ4v) is 2.30. The van der Waals surface area contributed by atoms with Crippen LogP contribution in [0.15, 0.2) is 46.9 Å². The van der Waals surface area contributed by atoms with Crippen LogP contribution in [0, 0.1) is 0 Å². The molecule has 2 aromatic carbocycles. The highest BCUT2D eigenvalue weighted by Crippen LogP contribution is 2.26. The highest BCUT2D eigenvalue weighted by Gasteiger charge is 2.09. The number of carbonyl (C=O) groups excluding carboxylic acids is 1. The summed E-state index contributed by atoms with van der Waals surface area (Å²) in [5, 5.41) is 3.43. The van der Waals surface area contributed by atoms with E-state index in [-0.39, 0.29) is 12.3 Å². The molecule has 0 aromatic heterocycles. The number of hydrogen-bond donors (Lipinski definition) is 1. The number of ether oxygens (including phenoxy) is 1. The van der Waals surface area contributed by atoms with Crippen molar-refractivity contribution < 1.29 is 9.53 Å². The molecule has 2 rings (SSSR count). The number of benzene rings is 2. The minimum atomic E-state index is -0.108. The first-order valence-electron chi connectivity index (χ1n) is 5.97. The molecule has 0 atom stereocenters. The highest BCUT2D eigenvalue weighted by molar-refractivity contribution is 9.10. The van der Waals surface area contributed by atoms with Gasteiger partial charge in [-0.25, -0.2) is 0 Å². The molecular weight excluding hydrogens is 342 g/mol. The van der Waals surface area contributed by atoms with Gasteiger partial charge in [-0.05, 0) is 40.2 Å². The average Bonchev–Trinajstić information content (AvgIpc) is 2.43. The van der Waals surface area contributed by atoms with Crippen molar-refractivity contribution >= 4 is 39.1 Å². The third kappa shape index (κ3) is 3.74. The Morgan fingerprint density at radius 3 is 2.75 bits per heavy atom. The molecule has 0 aliphatic rings. The van der Waals surface area contributed by atoms with Crippen LogP contribution in [0.2, 0.25) is 5.02 Å². The van der Waals surface area contributed by atoms with E-state index in [1.165, 1.54) is 0 Å². The van der Waals surface area contributed by atoms with Crippen molar-refractivity contribution in [2.75, 3.05) is 12.4 Å². The number of rotatable bonds is 4. The zero-order chi connectivity index (χ0) is 14.5. The topological polar surface area (TPSA) is 38.3 Å². The number of amides is 1. The summed E-state index contributed by atoms with van der Waals surface area (Å²) in [5.74, 6) is 0.601. The molecule has 20 heavy (non-hydrogen) atoms. The standard InChI is InChI=1S/C15H13BrClNO2/c1-20-14-5-3-2-4-10(14)8-15(19)18-11-6-7-13(17)12(16)9-11/h2-7,9H,8H2,1H3,(H,18,19). The summed E-state index contributed by atoms with van der Waals surface area (Å²) in [7, 11) is 1.59. The van der Waals surface area contributed by atoms with Crippen molar-refractivity contribution in [3.8, 4) is 5.75 Å². The predicted octanol–water partition coefficient (Wildman–Crippen LogP) is 4.29. The third-order valence-electron chi connectivity index (χ3n) is 2.75. The number of anilines is 1. The first-order chi connectivity index (χ1) is 9.60. The van der Waals surface area contributed by atoms with Gasteiger partial charge in [-0.1, -0.05) is 29.8 Å². The zero-order valence-electron chi connectivity index (χ0n) is 10.8. The summed E-state index contributed by atoms with van der Waals surface area (Å²) in [6, 6.07) is 12.7. The molecule has 1 amide bonds. The molecule has 0 radical (unpaired) electrons. The molecule has 0 spiro atoms. The normalized spacial score (nSPS) is 10.2. The number of carbonyl (C=O) groups is 1. The van der Waals surface area contributed by atoms with Crippen molar-refractivity contribution in [1.82, 2.24) is 0 Å². The lowest BCUT2D eigenvalue weighted by molar-refractivity contribution is -0.115. The number of methoxy groups -OCH3 is 1. The second kappa shape index (κ2) is 6.77. The molecule has 0 bridgehead atoms. The SMILES string of the molecule is COc1ccccc1CC(=O)Nc1ccc(Cl)c(Br)c1. The molecule has 1 N–H and O–H groups in total. The van der Waals surface area contributed by atoms with Gasteiger partial charge in [0.1, 0.15) is 5.75 Å². The van der Waals surface area contributed by atoms with Gasteiger partial charge in [-0.15, -0.1) is 0 Å². The molecule has 104 valence electrons. The minimum Gasteiger partial charge on any atom is -0.496 e. The van der Waals surface area contributed by atoms with Gasteiger partial charge < -0.3 is 10.1 Å². The lowest BCUT2D eigenvalue weighted by Gasteiger charge is -2.09. The van der Waals surface area contributed by atoms with Crippen LogP contribution >= 0.6 is 27.5 Å². The van der Waals surface area contributed by atoms with E-state index in [4.69, 9.17) is 16.3 Å². The smallest absolute Gasteiger partial charge is 0.228 e. The summed E-state index contributed by atoms with van der Waals surface area (Å²) in [5.41, 5.74) is 1.54. The highest BCUT2D eigenvalue weighted by atomic mass is 79.9. The Hall–Kier alpha value is -1.52. The van der Waals surface area contributed by atoms with Gasteiger partial charge in [0.25, 0.3) is 0 Å². The second-order valence-electron chi connectivity index (χ2n) is 4.17. The lowest BCUT2D eigenvalue weighted by Crippen LogP contribution is -2.14. The molecule has 0 aliphatic heterocycles. The second-order valence-corrected chi connectivity index (χ2v) is 5.43. The van der Waals surface area contributed by atoms with Crippen molar-refractivity contribution in [3.05, 3.63) is 57.5 Å². The van der Waals surface area contributed by atoms with Gasteiger partial charge in [0.15, 0.2) is 0 Å². The van der Waals surface area contributed by atoms with Crippen LogP contribution in [-0.2, 0) is 11.2 Å². The summed E-state index contributed by atoms with van der Waals surface area (Å²) >= 11 is 9.23. The van der Waals surface area contributed by atoms with E-state index in [0.717, 1.165) is 10.0 Å². The molecule has 0 fully saturated rings. The Morgan fingerprint density at radius 2 is 2.05 bits per heavy atom. The Morgan fingerprint density at radius 1 is 1.30 bits per heavy atom. The lowest BCUT2D eigenvalue weighted by atomic mass is 10.1. The van der Waals surface area contributed by atoms with Crippen LogP contribution in [0.5, 0.6) is 5.75 Å². The monoisotopic (exact) mass is 353 g/mol. The van der Waals surface area contributed by atoms with Crippen LogP contribution in [0.3, 0.4) is 0 Å². The average molecular weight is 355 g/mol. The third-order valence-corrected chi connectivity index (χ3v) is 3.96. The van der Waals surface area contributed by atoms with Crippen LogP contribution in [-0.4, -0.2) is 13.0 Å². The van der Waals surface area contributed by atoms with Crippen molar-refractivity contribution in [2.24, 2.45) is 0 Å². The molecule has 3 nitrogen and oxygen atoms in total. The van der Waals surface area contributed by atoms with E-state index >= 15 is 0 Å². The molecule has 0 aliphatic carbocycles. The van der Waals surface area contributed by atoms with E-state index in [1.54, 1.807) is 25.3 Å². The quantitative estimate of drug-likeness (QED) is 0.889.